The van der Waals surface area contributed by atoms with Gasteiger partial charge in [-0.3, -0.25) is 4.79 Å². The Morgan fingerprint density at radius 2 is 2.28 bits per heavy atom. The van der Waals surface area contributed by atoms with Gasteiger partial charge in [-0.2, -0.15) is 13.2 Å². The van der Waals surface area contributed by atoms with E-state index in [1.165, 1.54) is 0 Å². The summed E-state index contributed by atoms with van der Waals surface area (Å²) in [6, 6.07) is -0.409. The standard InChI is InChI=1S/C10H17F3N2O3/c1-9(5-18-4-7(9)14)8(16)15-2-3-17-6-10(11,12)13/h7H,2-6,14H2,1H3,(H,15,16). The Morgan fingerprint density at radius 1 is 1.61 bits per heavy atom. The summed E-state index contributed by atoms with van der Waals surface area (Å²) in [7, 11) is 0. The molecule has 2 unspecified atom stereocenters. The van der Waals surface area contributed by atoms with Crippen LogP contribution in [0.1, 0.15) is 6.92 Å². The summed E-state index contributed by atoms with van der Waals surface area (Å²) in [5.74, 6) is -0.330. The van der Waals surface area contributed by atoms with Gasteiger partial charge in [-0.15, -0.1) is 0 Å². The zero-order valence-electron chi connectivity index (χ0n) is 10.0. The highest BCUT2D eigenvalue weighted by atomic mass is 19.4. The molecule has 1 fully saturated rings. The van der Waals surface area contributed by atoms with Gasteiger partial charge in [-0.05, 0) is 6.92 Å². The summed E-state index contributed by atoms with van der Waals surface area (Å²) in [6.07, 6.45) is -4.35. The summed E-state index contributed by atoms with van der Waals surface area (Å²) < 4.78 is 44.7. The molecular weight excluding hydrogens is 253 g/mol. The van der Waals surface area contributed by atoms with Gasteiger partial charge in [0.25, 0.3) is 0 Å². The fraction of sp³-hybridized carbons (Fsp3) is 0.900. The smallest absolute Gasteiger partial charge is 0.379 e. The molecule has 5 nitrogen and oxygen atoms in total. The van der Waals surface area contributed by atoms with Crippen molar-refractivity contribution < 1.29 is 27.4 Å². The fourth-order valence-corrected chi connectivity index (χ4v) is 1.55. The number of ether oxygens (including phenoxy) is 2. The highest BCUT2D eigenvalue weighted by Gasteiger charge is 2.44. The Balaban J connectivity index is 2.22. The lowest BCUT2D eigenvalue weighted by Crippen LogP contribution is -2.50. The van der Waals surface area contributed by atoms with E-state index >= 15 is 0 Å². The molecule has 8 heteroatoms. The van der Waals surface area contributed by atoms with Crippen molar-refractivity contribution in [1.82, 2.24) is 5.32 Å². The summed E-state index contributed by atoms with van der Waals surface area (Å²) in [4.78, 5) is 11.8. The summed E-state index contributed by atoms with van der Waals surface area (Å²) >= 11 is 0. The van der Waals surface area contributed by atoms with E-state index in [4.69, 9.17) is 10.5 Å². The van der Waals surface area contributed by atoms with Crippen LogP contribution >= 0.6 is 0 Å². The number of rotatable bonds is 5. The maximum absolute atomic E-state index is 11.8. The highest BCUT2D eigenvalue weighted by Crippen LogP contribution is 2.26. The number of hydrogen-bond donors (Lipinski definition) is 2. The van der Waals surface area contributed by atoms with Gasteiger partial charge in [0.1, 0.15) is 6.61 Å². The first-order valence-corrected chi connectivity index (χ1v) is 5.52. The third kappa shape index (κ3) is 4.11. The van der Waals surface area contributed by atoms with Gasteiger partial charge < -0.3 is 20.5 Å². The molecule has 3 N–H and O–H groups in total. The highest BCUT2D eigenvalue weighted by molar-refractivity contribution is 5.83. The van der Waals surface area contributed by atoms with Gasteiger partial charge in [0.15, 0.2) is 0 Å². The van der Waals surface area contributed by atoms with Gasteiger partial charge in [-0.25, -0.2) is 0 Å². The third-order valence-corrected chi connectivity index (χ3v) is 2.83. The van der Waals surface area contributed by atoms with Gasteiger partial charge in [0, 0.05) is 12.6 Å². The number of carbonyl (C=O) groups is 1. The van der Waals surface area contributed by atoms with Gasteiger partial charge in [-0.1, -0.05) is 0 Å². The van der Waals surface area contributed by atoms with Crippen LogP contribution in [0.5, 0.6) is 0 Å². The lowest BCUT2D eigenvalue weighted by molar-refractivity contribution is -0.173. The molecule has 0 saturated carbocycles. The van der Waals surface area contributed by atoms with Crippen molar-refractivity contribution in [2.24, 2.45) is 11.1 Å². The van der Waals surface area contributed by atoms with Crippen LogP contribution in [0.25, 0.3) is 0 Å². The minimum absolute atomic E-state index is 0.0111. The molecule has 0 spiro atoms. The Morgan fingerprint density at radius 3 is 2.78 bits per heavy atom. The second-order valence-electron chi connectivity index (χ2n) is 4.46. The Kier molecular flexibility index (Phi) is 4.94. The van der Waals surface area contributed by atoms with Crippen molar-refractivity contribution in [3.05, 3.63) is 0 Å². The maximum atomic E-state index is 11.8. The van der Waals surface area contributed by atoms with Crippen LogP contribution in [0.4, 0.5) is 13.2 Å². The van der Waals surface area contributed by atoms with Gasteiger partial charge in [0.2, 0.25) is 5.91 Å². The van der Waals surface area contributed by atoms with Crippen molar-refractivity contribution in [2.75, 3.05) is 33.0 Å². The Hall–Kier alpha value is -0.860. The van der Waals surface area contributed by atoms with Crippen LogP contribution in [0.2, 0.25) is 0 Å². The normalized spacial score (nSPS) is 28.4. The molecule has 0 aliphatic carbocycles. The van der Waals surface area contributed by atoms with E-state index < -0.39 is 24.2 Å². The average Bonchev–Trinajstić information content (AvgIpc) is 2.58. The van der Waals surface area contributed by atoms with Gasteiger partial charge in [0.05, 0.1) is 25.2 Å². The summed E-state index contributed by atoms with van der Waals surface area (Å²) in [6.45, 7) is 0.673. The quantitative estimate of drug-likeness (QED) is 0.692. The van der Waals surface area contributed by atoms with E-state index in [0.717, 1.165) is 0 Å². The molecule has 0 aromatic heterocycles. The van der Waals surface area contributed by atoms with Crippen LogP contribution in [0.3, 0.4) is 0 Å². The molecule has 0 aromatic carbocycles. The zero-order valence-corrected chi connectivity index (χ0v) is 10.0. The number of nitrogens with one attached hydrogen (secondary N) is 1. The molecule has 1 amide bonds. The van der Waals surface area contributed by atoms with Crippen LogP contribution < -0.4 is 11.1 Å². The van der Waals surface area contributed by atoms with Crippen molar-refractivity contribution in [1.29, 1.82) is 0 Å². The molecule has 1 aliphatic rings. The monoisotopic (exact) mass is 270 g/mol. The first-order valence-electron chi connectivity index (χ1n) is 5.52. The second-order valence-corrected chi connectivity index (χ2v) is 4.46. The second kappa shape index (κ2) is 5.85. The SMILES string of the molecule is CC1(C(=O)NCCOCC(F)(F)F)COCC1N. The van der Waals surface area contributed by atoms with Crippen molar-refractivity contribution in [3.8, 4) is 0 Å². The Bertz CT molecular complexity index is 299. The van der Waals surface area contributed by atoms with Crippen LogP contribution in [0, 0.1) is 5.41 Å². The first-order chi connectivity index (χ1) is 8.26. The Labute approximate surface area is 103 Å². The van der Waals surface area contributed by atoms with Gasteiger partial charge >= 0.3 is 6.18 Å². The van der Waals surface area contributed by atoms with Crippen molar-refractivity contribution in [3.63, 3.8) is 0 Å². The summed E-state index contributed by atoms with van der Waals surface area (Å²) in [5, 5.41) is 2.49. The molecule has 106 valence electrons. The third-order valence-electron chi connectivity index (χ3n) is 2.83. The van der Waals surface area contributed by atoms with Crippen LogP contribution in [-0.4, -0.2) is 51.1 Å². The number of amides is 1. The van der Waals surface area contributed by atoms with E-state index in [0.29, 0.717) is 6.61 Å². The van der Waals surface area contributed by atoms with E-state index in [-0.39, 0.29) is 25.7 Å². The fourth-order valence-electron chi connectivity index (χ4n) is 1.55. The predicted molar refractivity (Wildman–Crippen MR) is 56.8 cm³/mol. The molecule has 0 aromatic rings. The lowest BCUT2D eigenvalue weighted by atomic mass is 9.85. The van der Waals surface area contributed by atoms with Crippen LogP contribution in [0.15, 0.2) is 0 Å². The lowest BCUT2D eigenvalue weighted by Gasteiger charge is -2.25. The zero-order chi connectivity index (χ0) is 13.8. The molecule has 0 bridgehead atoms. The predicted octanol–water partition coefficient (Wildman–Crippen LogP) is 0.0453. The molecule has 18 heavy (non-hydrogen) atoms. The number of alkyl halides is 3. The number of nitrogens with two attached hydrogens (primary N) is 1. The number of carbonyl (C=O) groups excluding carboxylic acids is 1. The maximum Gasteiger partial charge on any atom is 0.411 e. The first kappa shape index (κ1) is 15.2. The average molecular weight is 270 g/mol. The number of hydrogen-bond acceptors (Lipinski definition) is 4. The molecule has 1 rings (SSSR count). The molecule has 1 heterocycles. The molecule has 2 atom stereocenters. The van der Waals surface area contributed by atoms with Crippen molar-refractivity contribution >= 4 is 5.91 Å². The topological polar surface area (TPSA) is 73.6 Å². The van der Waals surface area contributed by atoms with Crippen molar-refractivity contribution in [2.45, 2.75) is 19.1 Å². The molecule has 1 saturated heterocycles. The summed E-state index contributed by atoms with van der Waals surface area (Å²) in [5.41, 5.74) is 4.91. The van der Waals surface area contributed by atoms with E-state index in [9.17, 15) is 18.0 Å². The van der Waals surface area contributed by atoms with E-state index in [1.807, 2.05) is 0 Å². The van der Waals surface area contributed by atoms with Crippen LogP contribution in [-0.2, 0) is 14.3 Å². The number of halogens is 3. The molecule has 0 radical (unpaired) electrons. The minimum atomic E-state index is -4.35. The minimum Gasteiger partial charge on any atom is -0.379 e. The molecular formula is C10H17F3N2O3. The largest absolute Gasteiger partial charge is 0.411 e. The molecule has 1 aliphatic heterocycles. The van der Waals surface area contributed by atoms with E-state index in [1.54, 1.807) is 6.92 Å². The van der Waals surface area contributed by atoms with E-state index in [2.05, 4.69) is 10.1 Å².